The second kappa shape index (κ2) is 9.73. The molecule has 0 atom stereocenters. The van der Waals surface area contributed by atoms with Crippen molar-refractivity contribution in [3.63, 3.8) is 0 Å². The highest BCUT2D eigenvalue weighted by molar-refractivity contribution is 7.15. The molecule has 0 radical (unpaired) electrons. The van der Waals surface area contributed by atoms with E-state index in [0.717, 1.165) is 16.2 Å². The Balaban J connectivity index is 1.77. The second-order valence-electron chi connectivity index (χ2n) is 5.45. The van der Waals surface area contributed by atoms with E-state index in [9.17, 15) is 9.59 Å². The lowest BCUT2D eigenvalue weighted by atomic mass is 10.1. The summed E-state index contributed by atoms with van der Waals surface area (Å²) >= 11 is 20.7. The zero-order valence-electron chi connectivity index (χ0n) is 14.7. The number of hydrogen-bond donors (Lipinski definition) is 1. The van der Waals surface area contributed by atoms with Gasteiger partial charge in [-0.2, -0.15) is 0 Å². The Morgan fingerprint density at radius 3 is 2.62 bits per heavy atom. The Morgan fingerprint density at radius 1 is 1.17 bits per heavy atom. The van der Waals surface area contributed by atoms with E-state index in [1.165, 1.54) is 24.0 Å². The zero-order valence-corrected chi connectivity index (χ0v) is 18.6. The number of rotatable bonds is 7. The Bertz CT molecular complexity index is 1050. The first-order valence-corrected chi connectivity index (χ1v) is 10.7. The van der Waals surface area contributed by atoms with E-state index in [-0.39, 0.29) is 29.5 Å². The molecule has 1 aromatic carbocycles. The van der Waals surface area contributed by atoms with Crippen molar-refractivity contribution in [2.45, 2.75) is 13.0 Å². The molecule has 0 aliphatic carbocycles. The van der Waals surface area contributed by atoms with Crippen molar-refractivity contribution in [3.8, 4) is 5.75 Å². The third-order valence-electron chi connectivity index (χ3n) is 3.57. The molecule has 3 aromatic rings. The van der Waals surface area contributed by atoms with Crippen molar-refractivity contribution in [2.75, 3.05) is 12.4 Å². The molecule has 7 nitrogen and oxygen atoms in total. The van der Waals surface area contributed by atoms with Gasteiger partial charge in [0.1, 0.15) is 12.4 Å². The number of carbonyl (C=O) groups is 2. The first-order chi connectivity index (χ1) is 13.9. The van der Waals surface area contributed by atoms with Gasteiger partial charge in [0.05, 0.1) is 28.9 Å². The number of nitrogens with zero attached hydrogens (tertiary/aromatic N) is 2. The van der Waals surface area contributed by atoms with Crippen LogP contribution in [0.15, 0.2) is 23.8 Å². The zero-order chi connectivity index (χ0) is 21.0. The maximum atomic E-state index is 12.6. The fraction of sp³-hybridized carbons (Fsp3) is 0.176. The van der Waals surface area contributed by atoms with Crippen LogP contribution in [0.1, 0.15) is 20.1 Å². The third-order valence-corrected chi connectivity index (χ3v) is 6.12. The summed E-state index contributed by atoms with van der Waals surface area (Å²) in [5, 5.41) is 3.20. The normalized spacial score (nSPS) is 10.6. The minimum atomic E-state index is -0.587. The van der Waals surface area contributed by atoms with E-state index in [4.69, 9.17) is 39.5 Å². The minimum Gasteiger partial charge on any atom is -0.486 e. The average molecular weight is 493 g/mol. The van der Waals surface area contributed by atoms with Crippen LogP contribution in [-0.4, -0.2) is 29.0 Å². The van der Waals surface area contributed by atoms with Crippen LogP contribution in [0, 0.1) is 0 Å². The number of esters is 1. The molecule has 1 amide bonds. The van der Waals surface area contributed by atoms with Gasteiger partial charge in [0.15, 0.2) is 15.2 Å². The van der Waals surface area contributed by atoms with Gasteiger partial charge in [0, 0.05) is 16.8 Å². The van der Waals surface area contributed by atoms with Crippen LogP contribution >= 0.6 is 57.5 Å². The quantitative estimate of drug-likeness (QED) is 0.461. The first-order valence-electron chi connectivity index (χ1n) is 7.90. The standard InChI is InChI=1S/C17H12Cl3N3O4S2/c1-26-16(25)14-15(22-7-28-14)23-12(24)4-9-10(18)2-3-11(19)13(9)27-6-8-5-21-17(20)29-8/h2-3,5,7H,4,6H2,1H3,(H,23,24). The van der Waals surface area contributed by atoms with Crippen LogP contribution in [0.4, 0.5) is 5.82 Å². The van der Waals surface area contributed by atoms with E-state index >= 15 is 0 Å². The SMILES string of the molecule is COC(=O)c1scnc1NC(=O)Cc1c(Cl)ccc(Cl)c1OCc1cnc(Cl)s1. The summed E-state index contributed by atoms with van der Waals surface area (Å²) in [5.74, 6) is -0.635. The number of methoxy groups -OCH3 is 1. The van der Waals surface area contributed by atoms with Crippen molar-refractivity contribution in [2.24, 2.45) is 0 Å². The average Bonchev–Trinajstić information content (AvgIpc) is 3.32. The Labute approximate surface area is 188 Å². The predicted molar refractivity (Wildman–Crippen MR) is 114 cm³/mol. The number of halogens is 3. The number of ether oxygens (including phenoxy) is 2. The van der Waals surface area contributed by atoms with Crippen LogP contribution in [0.5, 0.6) is 5.75 Å². The highest BCUT2D eigenvalue weighted by atomic mass is 35.5. The van der Waals surface area contributed by atoms with E-state index in [1.54, 1.807) is 18.3 Å². The third kappa shape index (κ3) is 5.37. The molecule has 0 saturated carbocycles. The Morgan fingerprint density at radius 2 is 1.93 bits per heavy atom. The summed E-state index contributed by atoms with van der Waals surface area (Å²) in [6.45, 7) is 0.164. The number of hydrogen-bond acceptors (Lipinski definition) is 8. The van der Waals surface area contributed by atoms with Crippen molar-refractivity contribution >= 4 is 75.2 Å². The molecule has 0 fully saturated rings. The minimum absolute atomic E-state index is 0.117. The number of aromatic nitrogens is 2. The molecule has 0 aliphatic rings. The molecule has 0 saturated heterocycles. The molecule has 3 rings (SSSR count). The maximum absolute atomic E-state index is 12.6. The van der Waals surface area contributed by atoms with Crippen molar-refractivity contribution in [3.05, 3.63) is 53.7 Å². The molecule has 152 valence electrons. The maximum Gasteiger partial charge on any atom is 0.351 e. The summed E-state index contributed by atoms with van der Waals surface area (Å²) < 4.78 is 10.9. The number of anilines is 1. The van der Waals surface area contributed by atoms with Gasteiger partial charge in [-0.1, -0.05) is 34.8 Å². The van der Waals surface area contributed by atoms with E-state index < -0.39 is 11.9 Å². The van der Waals surface area contributed by atoms with Crippen LogP contribution in [0.3, 0.4) is 0 Å². The first kappa shape index (κ1) is 21.8. The fourth-order valence-corrected chi connectivity index (χ4v) is 4.30. The molecule has 1 N–H and O–H groups in total. The summed E-state index contributed by atoms with van der Waals surface area (Å²) in [4.78, 5) is 33.2. The van der Waals surface area contributed by atoms with Crippen molar-refractivity contribution in [1.82, 2.24) is 9.97 Å². The lowest BCUT2D eigenvalue weighted by molar-refractivity contribution is -0.115. The molecule has 2 heterocycles. The number of carbonyl (C=O) groups excluding carboxylic acids is 2. The molecule has 0 bridgehead atoms. The summed E-state index contributed by atoms with van der Waals surface area (Å²) in [6.07, 6.45) is 1.45. The van der Waals surface area contributed by atoms with E-state index in [0.29, 0.717) is 20.1 Å². The molecule has 29 heavy (non-hydrogen) atoms. The smallest absolute Gasteiger partial charge is 0.351 e. The van der Waals surface area contributed by atoms with Gasteiger partial charge in [-0.05, 0) is 12.1 Å². The van der Waals surface area contributed by atoms with Gasteiger partial charge >= 0.3 is 5.97 Å². The van der Waals surface area contributed by atoms with E-state index in [2.05, 4.69) is 20.0 Å². The topological polar surface area (TPSA) is 90.4 Å². The Hall–Kier alpha value is -1.91. The summed E-state index contributed by atoms with van der Waals surface area (Å²) in [5.41, 5.74) is 1.84. The monoisotopic (exact) mass is 491 g/mol. The second-order valence-corrected chi connectivity index (χ2v) is 8.82. The lowest BCUT2D eigenvalue weighted by Gasteiger charge is -2.14. The van der Waals surface area contributed by atoms with Gasteiger partial charge in [-0.25, -0.2) is 14.8 Å². The molecule has 0 spiro atoms. The number of amides is 1. The molecule has 12 heteroatoms. The number of thiazole rings is 2. The Kier molecular flexibility index (Phi) is 7.31. The summed E-state index contributed by atoms with van der Waals surface area (Å²) in [6, 6.07) is 3.15. The van der Waals surface area contributed by atoms with Gasteiger partial charge in [0.2, 0.25) is 5.91 Å². The van der Waals surface area contributed by atoms with Crippen LogP contribution in [0.25, 0.3) is 0 Å². The van der Waals surface area contributed by atoms with Crippen molar-refractivity contribution in [1.29, 1.82) is 0 Å². The lowest BCUT2D eigenvalue weighted by Crippen LogP contribution is -2.17. The molecular weight excluding hydrogens is 481 g/mol. The van der Waals surface area contributed by atoms with Crippen molar-refractivity contribution < 1.29 is 19.1 Å². The number of benzene rings is 1. The van der Waals surface area contributed by atoms with Gasteiger partial charge in [-0.15, -0.1) is 22.7 Å². The molecular formula is C17H12Cl3N3O4S2. The van der Waals surface area contributed by atoms with Gasteiger partial charge in [0.25, 0.3) is 0 Å². The van der Waals surface area contributed by atoms with Gasteiger partial charge < -0.3 is 14.8 Å². The van der Waals surface area contributed by atoms with E-state index in [1.807, 2.05) is 0 Å². The van der Waals surface area contributed by atoms with Crippen LogP contribution < -0.4 is 10.1 Å². The number of nitrogens with one attached hydrogen (secondary N) is 1. The molecule has 2 aromatic heterocycles. The van der Waals surface area contributed by atoms with Crippen LogP contribution in [-0.2, 0) is 22.6 Å². The van der Waals surface area contributed by atoms with Crippen LogP contribution in [0.2, 0.25) is 14.5 Å². The molecule has 0 unspecified atom stereocenters. The highest BCUT2D eigenvalue weighted by Gasteiger charge is 2.21. The predicted octanol–water partition coefficient (Wildman–Crippen LogP) is 5.11. The largest absolute Gasteiger partial charge is 0.486 e. The fourth-order valence-electron chi connectivity index (χ4n) is 2.30. The van der Waals surface area contributed by atoms with Gasteiger partial charge in [-0.3, -0.25) is 4.79 Å². The highest BCUT2D eigenvalue weighted by Crippen LogP contribution is 2.35. The summed E-state index contributed by atoms with van der Waals surface area (Å²) in [7, 11) is 1.25. The molecule has 0 aliphatic heterocycles.